The smallest absolute Gasteiger partial charge is 0.323 e. The van der Waals surface area contributed by atoms with Crippen LogP contribution in [0.4, 0.5) is 0 Å². The predicted octanol–water partition coefficient (Wildman–Crippen LogP) is 3.92. The zero-order valence-corrected chi connectivity index (χ0v) is 19.7. The van der Waals surface area contributed by atoms with Crippen molar-refractivity contribution >= 4 is 29.4 Å². The summed E-state index contributed by atoms with van der Waals surface area (Å²) in [6.07, 6.45) is -1.07. The highest BCUT2D eigenvalue weighted by atomic mass is 35.5. The number of benzene rings is 3. The van der Waals surface area contributed by atoms with E-state index in [1.54, 1.807) is 23.1 Å². The third kappa shape index (κ3) is 6.07. The number of carbonyl (C=O) groups excluding carboxylic acids is 2. The Morgan fingerprint density at radius 3 is 2.29 bits per heavy atom. The summed E-state index contributed by atoms with van der Waals surface area (Å²) in [6.45, 7) is -0.441. The molecule has 180 valence electrons. The second-order valence-electron chi connectivity index (χ2n) is 8.31. The van der Waals surface area contributed by atoms with Gasteiger partial charge in [-0.2, -0.15) is 0 Å². The summed E-state index contributed by atoms with van der Waals surface area (Å²) in [4.78, 5) is 41.3. The van der Waals surface area contributed by atoms with E-state index in [-0.39, 0.29) is 25.6 Å². The molecule has 0 saturated carbocycles. The molecule has 2 atom stereocenters. The van der Waals surface area contributed by atoms with Crippen LogP contribution in [0.25, 0.3) is 0 Å². The van der Waals surface area contributed by atoms with Crippen LogP contribution in [0, 0.1) is 0 Å². The number of hydrogen-bond acceptors (Lipinski definition) is 4. The van der Waals surface area contributed by atoms with Crippen LogP contribution in [0.5, 0.6) is 0 Å². The number of rotatable bonds is 8. The molecule has 4 rings (SSSR count). The SMILES string of the molecule is O=C(O)CN(Cc1ccccc1)C(=O)[C@H]1OCC(=O)N(Cc2cccc(Cl)c2)[C@@H]1c1ccccc1. The Bertz CT molecular complexity index is 1190. The van der Waals surface area contributed by atoms with Crippen LogP contribution < -0.4 is 0 Å². The van der Waals surface area contributed by atoms with Gasteiger partial charge >= 0.3 is 5.97 Å². The molecule has 3 aromatic carbocycles. The fourth-order valence-electron chi connectivity index (χ4n) is 4.24. The van der Waals surface area contributed by atoms with Gasteiger partial charge in [0.1, 0.15) is 13.2 Å². The van der Waals surface area contributed by atoms with Gasteiger partial charge in [-0.3, -0.25) is 14.4 Å². The van der Waals surface area contributed by atoms with E-state index in [1.807, 2.05) is 66.7 Å². The van der Waals surface area contributed by atoms with Crippen LogP contribution in [-0.2, 0) is 32.2 Å². The van der Waals surface area contributed by atoms with Gasteiger partial charge in [-0.1, -0.05) is 84.4 Å². The van der Waals surface area contributed by atoms with Gasteiger partial charge in [0.05, 0.1) is 6.04 Å². The van der Waals surface area contributed by atoms with Gasteiger partial charge in [-0.25, -0.2) is 0 Å². The second kappa shape index (κ2) is 11.2. The highest BCUT2D eigenvalue weighted by Gasteiger charge is 2.43. The van der Waals surface area contributed by atoms with E-state index in [2.05, 4.69) is 0 Å². The highest BCUT2D eigenvalue weighted by molar-refractivity contribution is 6.30. The maximum absolute atomic E-state index is 13.8. The van der Waals surface area contributed by atoms with Gasteiger partial charge in [0.15, 0.2) is 6.10 Å². The molecule has 0 bridgehead atoms. The Hall–Kier alpha value is -3.68. The summed E-state index contributed by atoms with van der Waals surface area (Å²) < 4.78 is 5.81. The van der Waals surface area contributed by atoms with Gasteiger partial charge < -0.3 is 19.6 Å². The molecule has 0 radical (unpaired) electrons. The fourth-order valence-corrected chi connectivity index (χ4v) is 4.46. The van der Waals surface area contributed by atoms with Crippen molar-refractivity contribution in [3.05, 3.63) is 107 Å². The van der Waals surface area contributed by atoms with Crippen LogP contribution in [-0.4, -0.2) is 51.9 Å². The van der Waals surface area contributed by atoms with Gasteiger partial charge in [0, 0.05) is 18.1 Å². The van der Waals surface area contributed by atoms with Crippen molar-refractivity contribution in [2.75, 3.05) is 13.2 Å². The topological polar surface area (TPSA) is 87.1 Å². The van der Waals surface area contributed by atoms with Crippen LogP contribution in [0.2, 0.25) is 5.02 Å². The number of hydrogen-bond donors (Lipinski definition) is 1. The normalized spacial score (nSPS) is 17.7. The van der Waals surface area contributed by atoms with E-state index in [4.69, 9.17) is 16.3 Å². The monoisotopic (exact) mass is 492 g/mol. The predicted molar refractivity (Wildman–Crippen MR) is 130 cm³/mol. The Morgan fingerprint density at radius 2 is 1.63 bits per heavy atom. The molecule has 8 heteroatoms. The zero-order valence-electron chi connectivity index (χ0n) is 18.9. The van der Waals surface area contributed by atoms with Gasteiger partial charge in [-0.05, 0) is 28.8 Å². The molecule has 1 N–H and O–H groups in total. The first kappa shape index (κ1) is 24.4. The lowest BCUT2D eigenvalue weighted by molar-refractivity contribution is -0.172. The molecule has 1 fully saturated rings. The minimum absolute atomic E-state index is 0.107. The first-order chi connectivity index (χ1) is 16.9. The Labute approximate surface area is 208 Å². The van der Waals surface area contributed by atoms with E-state index in [9.17, 15) is 19.5 Å². The molecule has 3 aromatic rings. The number of nitrogens with zero attached hydrogens (tertiary/aromatic N) is 2. The molecule has 1 heterocycles. The van der Waals surface area contributed by atoms with Crippen LogP contribution >= 0.6 is 11.6 Å². The molecule has 1 aliphatic heterocycles. The zero-order chi connectivity index (χ0) is 24.8. The van der Waals surface area contributed by atoms with Crippen LogP contribution in [0.15, 0.2) is 84.9 Å². The Balaban J connectivity index is 1.69. The number of carboxylic acid groups (broad SMARTS) is 1. The van der Waals surface area contributed by atoms with Crippen molar-refractivity contribution in [1.29, 1.82) is 0 Å². The molecule has 7 nitrogen and oxygen atoms in total. The third-order valence-corrected chi connectivity index (χ3v) is 6.04. The molecule has 1 saturated heterocycles. The summed E-state index contributed by atoms with van der Waals surface area (Å²) in [7, 11) is 0. The van der Waals surface area contributed by atoms with Gasteiger partial charge in [0.25, 0.3) is 5.91 Å². The number of halogens is 1. The summed E-state index contributed by atoms with van der Waals surface area (Å²) in [5.41, 5.74) is 2.32. The standard InChI is InChI=1S/C27H25ClN2O5/c28-22-13-7-10-20(14-22)16-30-23(31)18-35-26(25(30)21-11-5-2-6-12-21)27(34)29(17-24(32)33)15-19-8-3-1-4-9-19/h1-14,25-26H,15-18H2,(H,32,33)/t25-,26+/m1/s1. The largest absolute Gasteiger partial charge is 0.480 e. The average Bonchev–Trinajstić information content (AvgIpc) is 2.85. The Kier molecular flexibility index (Phi) is 7.80. The molecule has 0 aliphatic carbocycles. The van der Waals surface area contributed by atoms with E-state index >= 15 is 0 Å². The minimum atomic E-state index is -1.13. The molecule has 35 heavy (non-hydrogen) atoms. The Morgan fingerprint density at radius 1 is 0.971 bits per heavy atom. The molecular formula is C27H25ClN2O5. The van der Waals surface area contributed by atoms with Crippen LogP contribution in [0.3, 0.4) is 0 Å². The van der Waals surface area contributed by atoms with E-state index in [0.29, 0.717) is 5.02 Å². The molecule has 1 aliphatic rings. The first-order valence-corrected chi connectivity index (χ1v) is 11.5. The first-order valence-electron chi connectivity index (χ1n) is 11.2. The number of carboxylic acids is 1. The van der Waals surface area contributed by atoms with Crippen molar-refractivity contribution in [2.45, 2.75) is 25.2 Å². The highest BCUT2D eigenvalue weighted by Crippen LogP contribution is 2.33. The third-order valence-electron chi connectivity index (χ3n) is 5.81. The lowest BCUT2D eigenvalue weighted by Crippen LogP contribution is -2.55. The number of morpholine rings is 1. The van der Waals surface area contributed by atoms with Crippen molar-refractivity contribution < 1.29 is 24.2 Å². The van der Waals surface area contributed by atoms with Crippen LogP contribution in [0.1, 0.15) is 22.7 Å². The molecular weight excluding hydrogens is 468 g/mol. The van der Waals surface area contributed by atoms with Crippen molar-refractivity contribution in [3.63, 3.8) is 0 Å². The number of ether oxygens (including phenoxy) is 1. The summed E-state index contributed by atoms with van der Waals surface area (Å²) >= 11 is 6.15. The molecule has 0 unspecified atom stereocenters. The number of aliphatic carboxylic acids is 1. The quantitative estimate of drug-likeness (QED) is 0.515. The molecule has 2 amide bonds. The van der Waals surface area contributed by atoms with E-state index < -0.39 is 30.6 Å². The summed E-state index contributed by atoms with van der Waals surface area (Å²) in [5, 5.41) is 10.0. The average molecular weight is 493 g/mol. The van der Waals surface area contributed by atoms with E-state index in [0.717, 1.165) is 16.7 Å². The summed E-state index contributed by atoms with van der Waals surface area (Å²) in [5.74, 6) is -1.89. The summed E-state index contributed by atoms with van der Waals surface area (Å²) in [6, 6.07) is 24.8. The van der Waals surface area contributed by atoms with Gasteiger partial charge in [-0.15, -0.1) is 0 Å². The number of amides is 2. The van der Waals surface area contributed by atoms with Crippen molar-refractivity contribution in [1.82, 2.24) is 9.80 Å². The lowest BCUT2D eigenvalue weighted by Gasteiger charge is -2.42. The lowest BCUT2D eigenvalue weighted by atomic mass is 9.95. The number of carbonyl (C=O) groups is 3. The maximum Gasteiger partial charge on any atom is 0.323 e. The van der Waals surface area contributed by atoms with Crippen molar-refractivity contribution in [3.8, 4) is 0 Å². The minimum Gasteiger partial charge on any atom is -0.480 e. The maximum atomic E-state index is 13.8. The van der Waals surface area contributed by atoms with Gasteiger partial charge in [0.2, 0.25) is 5.91 Å². The fraction of sp³-hybridized carbons (Fsp3) is 0.222. The molecule has 0 spiro atoms. The second-order valence-corrected chi connectivity index (χ2v) is 8.75. The van der Waals surface area contributed by atoms with Crippen molar-refractivity contribution in [2.24, 2.45) is 0 Å². The van der Waals surface area contributed by atoms with E-state index in [1.165, 1.54) is 4.90 Å². The molecule has 0 aromatic heterocycles.